The Balaban J connectivity index is 2.16. The molecule has 0 amide bonds. The standard InChI is InChI=1S/C13H14N2O3/c1-9-3-4-12(11(7-9)13(16)17)18-8-10-5-6-15(2)14-10/h3-7H,8H2,1-2H3,(H,16,17). The van der Waals surface area contributed by atoms with Crippen LogP contribution in [-0.2, 0) is 13.7 Å². The highest BCUT2D eigenvalue weighted by molar-refractivity contribution is 5.91. The van der Waals surface area contributed by atoms with E-state index in [0.717, 1.165) is 11.3 Å². The molecule has 0 spiro atoms. The van der Waals surface area contributed by atoms with Crippen LogP contribution < -0.4 is 4.74 Å². The molecule has 5 heteroatoms. The number of aryl methyl sites for hydroxylation is 2. The molecule has 0 aliphatic carbocycles. The van der Waals surface area contributed by atoms with Crippen molar-refractivity contribution in [1.82, 2.24) is 9.78 Å². The van der Waals surface area contributed by atoms with E-state index in [1.807, 2.05) is 32.3 Å². The van der Waals surface area contributed by atoms with E-state index in [-0.39, 0.29) is 12.2 Å². The summed E-state index contributed by atoms with van der Waals surface area (Å²) in [5.74, 6) is -0.631. The molecule has 1 heterocycles. The van der Waals surface area contributed by atoms with Crippen LogP contribution in [0.1, 0.15) is 21.6 Å². The van der Waals surface area contributed by atoms with E-state index < -0.39 is 5.97 Å². The molecule has 18 heavy (non-hydrogen) atoms. The van der Waals surface area contributed by atoms with Crippen LogP contribution in [0, 0.1) is 6.92 Å². The van der Waals surface area contributed by atoms with Crippen LogP contribution in [0.25, 0.3) is 0 Å². The number of hydrogen-bond acceptors (Lipinski definition) is 3. The number of carboxylic acid groups (broad SMARTS) is 1. The van der Waals surface area contributed by atoms with Crippen LogP contribution in [0.15, 0.2) is 30.5 Å². The summed E-state index contributed by atoms with van der Waals surface area (Å²) >= 11 is 0. The monoisotopic (exact) mass is 246 g/mol. The summed E-state index contributed by atoms with van der Waals surface area (Å²) in [7, 11) is 1.82. The van der Waals surface area contributed by atoms with Crippen molar-refractivity contribution in [1.29, 1.82) is 0 Å². The highest BCUT2D eigenvalue weighted by Crippen LogP contribution is 2.21. The predicted molar refractivity (Wildman–Crippen MR) is 65.7 cm³/mol. The summed E-state index contributed by atoms with van der Waals surface area (Å²) in [6.45, 7) is 2.10. The average molecular weight is 246 g/mol. The molecular weight excluding hydrogens is 232 g/mol. The van der Waals surface area contributed by atoms with E-state index in [1.165, 1.54) is 0 Å². The molecule has 0 unspecified atom stereocenters. The molecular formula is C13H14N2O3. The van der Waals surface area contributed by atoms with Crippen molar-refractivity contribution < 1.29 is 14.6 Å². The van der Waals surface area contributed by atoms with E-state index in [2.05, 4.69) is 5.10 Å². The van der Waals surface area contributed by atoms with Gasteiger partial charge in [0.25, 0.3) is 0 Å². The Kier molecular flexibility index (Phi) is 3.32. The third kappa shape index (κ3) is 2.68. The maximum Gasteiger partial charge on any atom is 0.339 e. The molecule has 0 fully saturated rings. The van der Waals surface area contributed by atoms with Crippen LogP contribution in [0.4, 0.5) is 0 Å². The second-order valence-electron chi connectivity index (χ2n) is 4.07. The van der Waals surface area contributed by atoms with Crippen LogP contribution in [0.5, 0.6) is 5.75 Å². The third-order valence-corrected chi connectivity index (χ3v) is 2.51. The fourth-order valence-corrected chi connectivity index (χ4v) is 1.63. The van der Waals surface area contributed by atoms with Gasteiger partial charge in [-0.15, -0.1) is 0 Å². The third-order valence-electron chi connectivity index (χ3n) is 2.51. The number of nitrogens with zero attached hydrogens (tertiary/aromatic N) is 2. The minimum Gasteiger partial charge on any atom is -0.486 e. The Morgan fingerprint density at radius 3 is 2.83 bits per heavy atom. The van der Waals surface area contributed by atoms with Gasteiger partial charge in [0.1, 0.15) is 17.9 Å². The van der Waals surface area contributed by atoms with Crippen LogP contribution in [0.3, 0.4) is 0 Å². The number of aromatic carboxylic acids is 1. The largest absolute Gasteiger partial charge is 0.486 e. The molecule has 0 aliphatic rings. The summed E-state index contributed by atoms with van der Waals surface area (Å²) in [5, 5.41) is 13.3. The number of hydrogen-bond donors (Lipinski definition) is 1. The molecule has 0 aliphatic heterocycles. The molecule has 1 N–H and O–H groups in total. The molecule has 94 valence electrons. The van der Waals surface area contributed by atoms with E-state index >= 15 is 0 Å². The van der Waals surface area contributed by atoms with Crippen LogP contribution >= 0.6 is 0 Å². The van der Waals surface area contributed by atoms with Crippen molar-refractivity contribution in [2.75, 3.05) is 0 Å². The minimum atomic E-state index is -0.991. The zero-order chi connectivity index (χ0) is 13.1. The van der Waals surface area contributed by atoms with E-state index in [0.29, 0.717) is 5.75 Å². The summed E-state index contributed by atoms with van der Waals surface area (Å²) in [4.78, 5) is 11.1. The van der Waals surface area contributed by atoms with Crippen LogP contribution in [0.2, 0.25) is 0 Å². The van der Waals surface area contributed by atoms with Gasteiger partial charge >= 0.3 is 5.97 Å². The molecule has 2 aromatic rings. The summed E-state index contributed by atoms with van der Waals surface area (Å²) < 4.78 is 7.17. The highest BCUT2D eigenvalue weighted by Gasteiger charge is 2.11. The lowest BCUT2D eigenvalue weighted by molar-refractivity contribution is 0.0691. The quantitative estimate of drug-likeness (QED) is 0.896. The number of rotatable bonds is 4. The first-order chi connectivity index (χ1) is 8.56. The Bertz CT molecular complexity index is 575. The topological polar surface area (TPSA) is 64.4 Å². The van der Waals surface area contributed by atoms with Crippen molar-refractivity contribution in [3.05, 3.63) is 47.3 Å². The number of carbonyl (C=O) groups is 1. The second-order valence-corrected chi connectivity index (χ2v) is 4.07. The molecule has 1 aromatic heterocycles. The van der Waals surface area contributed by atoms with Gasteiger partial charge in [-0.25, -0.2) is 4.79 Å². The molecule has 0 atom stereocenters. The van der Waals surface area contributed by atoms with Gasteiger partial charge in [-0.1, -0.05) is 11.6 Å². The molecule has 1 aromatic carbocycles. The lowest BCUT2D eigenvalue weighted by Gasteiger charge is -2.08. The van der Waals surface area contributed by atoms with Gasteiger partial charge in [0.2, 0.25) is 0 Å². The fourth-order valence-electron chi connectivity index (χ4n) is 1.63. The first-order valence-corrected chi connectivity index (χ1v) is 5.51. The SMILES string of the molecule is Cc1ccc(OCc2ccn(C)n2)c(C(=O)O)c1. The van der Waals surface area contributed by atoms with Crippen molar-refractivity contribution in [2.45, 2.75) is 13.5 Å². The number of aromatic nitrogens is 2. The van der Waals surface area contributed by atoms with Gasteiger partial charge in [-0.05, 0) is 25.1 Å². The number of carboxylic acids is 1. The Morgan fingerprint density at radius 2 is 2.22 bits per heavy atom. The lowest BCUT2D eigenvalue weighted by atomic mass is 10.1. The smallest absolute Gasteiger partial charge is 0.339 e. The molecule has 0 radical (unpaired) electrons. The summed E-state index contributed by atoms with van der Waals surface area (Å²) in [6, 6.07) is 6.91. The maximum absolute atomic E-state index is 11.1. The first-order valence-electron chi connectivity index (χ1n) is 5.51. The number of ether oxygens (including phenoxy) is 1. The normalized spacial score (nSPS) is 10.3. The van der Waals surface area contributed by atoms with Gasteiger partial charge in [0.05, 0.1) is 5.69 Å². The van der Waals surface area contributed by atoms with Gasteiger partial charge < -0.3 is 9.84 Å². The lowest BCUT2D eigenvalue weighted by Crippen LogP contribution is -2.04. The van der Waals surface area contributed by atoms with Crippen molar-refractivity contribution >= 4 is 5.97 Å². The Labute approximate surface area is 105 Å². The molecule has 0 bridgehead atoms. The molecule has 5 nitrogen and oxygen atoms in total. The van der Waals surface area contributed by atoms with Crippen molar-refractivity contribution in [3.63, 3.8) is 0 Å². The predicted octanol–water partition coefficient (Wildman–Crippen LogP) is 2.01. The van der Waals surface area contributed by atoms with E-state index in [1.54, 1.807) is 16.8 Å². The zero-order valence-corrected chi connectivity index (χ0v) is 10.3. The van der Waals surface area contributed by atoms with Crippen LogP contribution in [-0.4, -0.2) is 20.9 Å². The summed E-state index contributed by atoms with van der Waals surface area (Å²) in [6.07, 6.45) is 1.81. The fraction of sp³-hybridized carbons (Fsp3) is 0.231. The van der Waals surface area contributed by atoms with Gasteiger partial charge in [0, 0.05) is 13.2 Å². The summed E-state index contributed by atoms with van der Waals surface area (Å²) in [5.41, 5.74) is 1.82. The first kappa shape index (κ1) is 12.2. The van der Waals surface area contributed by atoms with E-state index in [4.69, 9.17) is 9.84 Å². The zero-order valence-electron chi connectivity index (χ0n) is 10.3. The van der Waals surface area contributed by atoms with Crippen molar-refractivity contribution in [3.8, 4) is 5.75 Å². The average Bonchev–Trinajstić information content (AvgIpc) is 2.73. The van der Waals surface area contributed by atoms with Gasteiger partial charge in [-0.2, -0.15) is 5.10 Å². The van der Waals surface area contributed by atoms with Gasteiger partial charge in [-0.3, -0.25) is 4.68 Å². The van der Waals surface area contributed by atoms with E-state index in [9.17, 15) is 4.79 Å². The van der Waals surface area contributed by atoms with Gasteiger partial charge in [0.15, 0.2) is 0 Å². The molecule has 0 saturated heterocycles. The molecule has 0 saturated carbocycles. The minimum absolute atomic E-state index is 0.172. The molecule has 2 rings (SSSR count). The van der Waals surface area contributed by atoms with Crippen molar-refractivity contribution in [2.24, 2.45) is 7.05 Å². The highest BCUT2D eigenvalue weighted by atomic mass is 16.5. The Morgan fingerprint density at radius 1 is 1.44 bits per heavy atom. The second kappa shape index (κ2) is 4.91. The Hall–Kier alpha value is -2.30. The maximum atomic E-state index is 11.1. The number of benzene rings is 1.